The van der Waals surface area contributed by atoms with Crippen molar-refractivity contribution in [2.75, 3.05) is 24.5 Å². The van der Waals surface area contributed by atoms with E-state index in [-0.39, 0.29) is 34.1 Å². The van der Waals surface area contributed by atoms with E-state index < -0.39 is 27.4 Å². The number of carbonyl (C=O) groups excluding carboxylic acids is 2. The molecule has 34 heavy (non-hydrogen) atoms. The van der Waals surface area contributed by atoms with Crippen LogP contribution in [-0.4, -0.2) is 45.8 Å². The summed E-state index contributed by atoms with van der Waals surface area (Å²) in [5, 5.41) is 22.6. The van der Waals surface area contributed by atoms with Crippen LogP contribution >= 0.6 is 0 Å². The van der Waals surface area contributed by atoms with E-state index >= 15 is 0 Å². The Morgan fingerprint density at radius 3 is 2.29 bits per heavy atom. The third kappa shape index (κ3) is 4.85. The zero-order valence-electron chi connectivity index (χ0n) is 17.8. The van der Waals surface area contributed by atoms with Crippen molar-refractivity contribution in [2.45, 2.75) is 0 Å². The Morgan fingerprint density at radius 2 is 1.68 bits per heavy atom. The summed E-state index contributed by atoms with van der Waals surface area (Å²) in [5.41, 5.74) is 4.38. The number of hydrogen-bond donors (Lipinski definition) is 2. The highest BCUT2D eigenvalue weighted by molar-refractivity contribution is 5.97. The van der Waals surface area contributed by atoms with Crippen LogP contribution in [0.4, 0.5) is 28.7 Å². The van der Waals surface area contributed by atoms with Crippen molar-refractivity contribution in [3.8, 4) is 0 Å². The van der Waals surface area contributed by atoms with Gasteiger partial charge in [0.2, 0.25) is 11.6 Å². The third-order valence-electron chi connectivity index (χ3n) is 4.61. The van der Waals surface area contributed by atoms with E-state index in [9.17, 15) is 29.8 Å². The molecule has 0 spiro atoms. The smallest absolute Gasteiger partial charge is 0.355 e. The number of hydrogen-bond acceptors (Lipinski definition) is 11. The number of ether oxygens (including phenoxy) is 1. The van der Waals surface area contributed by atoms with Crippen LogP contribution in [-0.2, 0) is 4.74 Å². The number of nitrogens with one attached hydrogen (secondary N) is 2. The predicted octanol–water partition coefficient (Wildman–Crippen LogP) is 2.60. The molecule has 1 aromatic heterocycles. The molecule has 0 aliphatic heterocycles. The van der Waals surface area contributed by atoms with Crippen molar-refractivity contribution in [1.29, 1.82) is 0 Å². The fraction of sp³-hybridized carbons (Fsp3) is 0.100. The summed E-state index contributed by atoms with van der Waals surface area (Å²) in [6.45, 7) is 0. The van der Waals surface area contributed by atoms with Gasteiger partial charge in [0.25, 0.3) is 11.6 Å². The fourth-order valence-electron chi connectivity index (χ4n) is 2.96. The molecule has 14 heteroatoms. The largest absolute Gasteiger partial charge is 0.465 e. The first-order valence-electron chi connectivity index (χ1n) is 9.45. The van der Waals surface area contributed by atoms with Crippen molar-refractivity contribution in [3.05, 3.63) is 86.2 Å². The summed E-state index contributed by atoms with van der Waals surface area (Å²) >= 11 is 0. The number of esters is 1. The summed E-state index contributed by atoms with van der Waals surface area (Å²) < 4.78 is 4.76. The van der Waals surface area contributed by atoms with E-state index in [0.29, 0.717) is 0 Å². The number of carbonyl (C=O) groups is 2. The fourth-order valence-corrected chi connectivity index (χ4v) is 2.96. The number of aromatic nitrogens is 2. The van der Waals surface area contributed by atoms with Gasteiger partial charge in [-0.25, -0.2) is 14.8 Å². The summed E-state index contributed by atoms with van der Waals surface area (Å²) in [5.74, 6) is -1.85. The minimum Gasteiger partial charge on any atom is -0.465 e. The average molecular weight is 467 g/mol. The lowest BCUT2D eigenvalue weighted by molar-refractivity contribution is -0.384. The van der Waals surface area contributed by atoms with Gasteiger partial charge in [-0.05, 0) is 24.3 Å². The van der Waals surface area contributed by atoms with Gasteiger partial charge < -0.3 is 9.64 Å². The number of methoxy groups -OCH3 is 1. The van der Waals surface area contributed by atoms with Crippen molar-refractivity contribution in [1.82, 2.24) is 15.4 Å². The highest BCUT2D eigenvalue weighted by atomic mass is 16.6. The number of non-ortho nitro benzene ring substituents is 1. The zero-order chi connectivity index (χ0) is 24.8. The molecule has 0 saturated heterocycles. The Kier molecular flexibility index (Phi) is 6.91. The molecule has 3 rings (SSSR count). The van der Waals surface area contributed by atoms with Crippen LogP contribution in [0.3, 0.4) is 0 Å². The Balaban J connectivity index is 1.90. The van der Waals surface area contributed by atoms with Crippen molar-refractivity contribution in [2.24, 2.45) is 0 Å². The first kappa shape index (κ1) is 23.5. The maximum absolute atomic E-state index is 12.4. The minimum atomic E-state index is -0.743. The lowest BCUT2D eigenvalue weighted by atomic mass is 10.1. The van der Waals surface area contributed by atoms with Gasteiger partial charge in [0.15, 0.2) is 0 Å². The number of benzene rings is 2. The van der Waals surface area contributed by atoms with E-state index in [0.717, 1.165) is 18.5 Å². The SMILES string of the molecule is COC(=O)c1ccccc1N(C)c1ncnc(NNC(=O)c2ccc([N+](=O)[O-])cc2)c1[N+](=O)[O-]. The zero-order valence-corrected chi connectivity index (χ0v) is 17.8. The van der Waals surface area contributed by atoms with Gasteiger partial charge in [-0.2, -0.15) is 0 Å². The highest BCUT2D eigenvalue weighted by Gasteiger charge is 2.28. The van der Waals surface area contributed by atoms with Crippen molar-refractivity contribution < 1.29 is 24.2 Å². The van der Waals surface area contributed by atoms with Crippen molar-refractivity contribution >= 4 is 40.6 Å². The van der Waals surface area contributed by atoms with Gasteiger partial charge in [-0.1, -0.05) is 12.1 Å². The Morgan fingerprint density at radius 1 is 1.00 bits per heavy atom. The molecule has 0 radical (unpaired) electrons. The van der Waals surface area contributed by atoms with Gasteiger partial charge >= 0.3 is 11.7 Å². The van der Waals surface area contributed by atoms with Crippen LogP contribution in [0, 0.1) is 20.2 Å². The lowest BCUT2D eigenvalue weighted by Crippen LogP contribution is -2.30. The summed E-state index contributed by atoms with van der Waals surface area (Å²) in [6, 6.07) is 11.0. The Labute approximate surface area is 191 Å². The number of hydrazine groups is 1. The first-order valence-corrected chi connectivity index (χ1v) is 9.45. The number of amides is 1. The minimum absolute atomic E-state index is 0.0687. The summed E-state index contributed by atoms with van der Waals surface area (Å²) in [7, 11) is 2.68. The first-order chi connectivity index (χ1) is 16.2. The summed E-state index contributed by atoms with van der Waals surface area (Å²) in [4.78, 5) is 54.8. The van der Waals surface area contributed by atoms with E-state index in [1.165, 1.54) is 37.3 Å². The van der Waals surface area contributed by atoms with Crippen LogP contribution < -0.4 is 15.8 Å². The maximum Gasteiger partial charge on any atom is 0.355 e. The van der Waals surface area contributed by atoms with Crippen LogP contribution in [0.25, 0.3) is 0 Å². The molecule has 174 valence electrons. The number of para-hydroxylation sites is 1. The third-order valence-corrected chi connectivity index (χ3v) is 4.61. The molecule has 0 atom stereocenters. The molecule has 0 aliphatic carbocycles. The molecule has 3 aromatic rings. The normalized spacial score (nSPS) is 10.2. The van der Waals surface area contributed by atoms with E-state index in [1.807, 2.05) is 0 Å². The predicted molar refractivity (Wildman–Crippen MR) is 119 cm³/mol. The van der Waals surface area contributed by atoms with E-state index in [1.54, 1.807) is 18.2 Å². The van der Waals surface area contributed by atoms with Gasteiger partial charge in [0.1, 0.15) is 6.33 Å². The molecular formula is C20H17N7O7. The second kappa shape index (κ2) is 9.99. The number of nitro groups is 2. The quantitative estimate of drug-likeness (QED) is 0.282. The average Bonchev–Trinajstić information content (AvgIpc) is 2.85. The standard InChI is InChI=1S/C20H17N7O7/c1-25(15-6-4-3-5-14(15)20(29)34-2)18-16(27(32)33)17(21-11-22-18)23-24-19(28)12-7-9-13(10-8-12)26(30)31/h3-11H,1-2H3,(H,24,28)(H,21,22,23). The number of nitro benzene ring substituents is 1. The molecule has 0 bridgehead atoms. The second-order valence-corrected chi connectivity index (χ2v) is 6.60. The molecule has 2 N–H and O–H groups in total. The van der Waals surface area contributed by atoms with Gasteiger partial charge in [-0.15, -0.1) is 0 Å². The molecular weight excluding hydrogens is 450 g/mol. The molecule has 0 aliphatic rings. The molecule has 1 heterocycles. The lowest BCUT2D eigenvalue weighted by Gasteiger charge is -2.21. The molecule has 0 saturated carbocycles. The highest BCUT2D eigenvalue weighted by Crippen LogP contribution is 2.36. The number of anilines is 3. The molecule has 14 nitrogen and oxygen atoms in total. The van der Waals surface area contributed by atoms with Crippen LogP contribution in [0.5, 0.6) is 0 Å². The van der Waals surface area contributed by atoms with Gasteiger partial charge in [0.05, 0.1) is 28.2 Å². The second-order valence-electron chi connectivity index (χ2n) is 6.60. The maximum atomic E-state index is 12.4. The van der Waals surface area contributed by atoms with E-state index in [2.05, 4.69) is 20.8 Å². The Bertz CT molecular complexity index is 1260. The molecule has 2 aromatic carbocycles. The number of nitrogens with zero attached hydrogens (tertiary/aromatic N) is 5. The van der Waals surface area contributed by atoms with Gasteiger partial charge in [-0.3, -0.25) is 35.9 Å². The van der Waals surface area contributed by atoms with E-state index in [4.69, 9.17) is 4.74 Å². The van der Waals surface area contributed by atoms with Crippen molar-refractivity contribution in [3.63, 3.8) is 0 Å². The summed E-state index contributed by atoms with van der Waals surface area (Å²) in [6.07, 6.45) is 1.04. The number of rotatable bonds is 8. The Hall–Kier alpha value is -5.14. The van der Waals surface area contributed by atoms with Crippen LogP contribution in [0.1, 0.15) is 20.7 Å². The molecule has 1 amide bonds. The van der Waals surface area contributed by atoms with Gasteiger partial charge in [0, 0.05) is 24.7 Å². The van der Waals surface area contributed by atoms with Crippen LogP contribution in [0.15, 0.2) is 54.9 Å². The van der Waals surface area contributed by atoms with Crippen LogP contribution in [0.2, 0.25) is 0 Å². The monoisotopic (exact) mass is 467 g/mol. The topological polar surface area (TPSA) is 183 Å². The molecule has 0 fully saturated rings. The molecule has 0 unspecified atom stereocenters.